The monoisotopic (exact) mass is 110 g/mol. The second-order valence-corrected chi connectivity index (χ2v) is 1.80. The Bertz CT molecular complexity index is 84.2. The van der Waals surface area contributed by atoms with Crippen LogP contribution in [0, 0.1) is 0 Å². The molecule has 0 heteroatoms. The highest BCUT2D eigenvalue weighted by Gasteiger charge is 1.73. The van der Waals surface area contributed by atoms with Gasteiger partial charge in [0, 0.05) is 0 Å². The smallest absolute Gasteiger partial charge is 0.0275 e. The van der Waals surface area contributed by atoms with Crippen LogP contribution < -0.4 is 0 Å². The summed E-state index contributed by atoms with van der Waals surface area (Å²) >= 11 is 0. The van der Waals surface area contributed by atoms with Crippen LogP contribution in [0.5, 0.6) is 0 Å². The van der Waals surface area contributed by atoms with Crippen LogP contribution in [0.3, 0.4) is 0 Å². The zero-order valence-corrected chi connectivity index (χ0v) is 5.78. The van der Waals surface area contributed by atoms with Gasteiger partial charge >= 0.3 is 0 Å². The molecule has 0 unspecified atom stereocenters. The van der Waals surface area contributed by atoms with Gasteiger partial charge in [-0.25, -0.2) is 0 Å². The molecule has 0 saturated heterocycles. The summed E-state index contributed by atoms with van der Waals surface area (Å²) in [5.74, 6) is 0. The lowest BCUT2D eigenvalue weighted by Gasteiger charge is -1.82. The molecular weight excluding hydrogens is 96.1 g/mol. The fourth-order valence-corrected chi connectivity index (χ4v) is 0.507. The molecule has 0 nitrogen and oxygen atoms in total. The van der Waals surface area contributed by atoms with Gasteiger partial charge in [-0.2, -0.15) is 0 Å². The summed E-state index contributed by atoms with van der Waals surface area (Å²) in [7, 11) is 0. The summed E-state index contributed by atoms with van der Waals surface area (Å²) in [5, 5.41) is 0. The van der Waals surface area contributed by atoms with Crippen LogP contribution >= 0.6 is 0 Å². The summed E-state index contributed by atoms with van der Waals surface area (Å²) < 4.78 is 0. The Morgan fingerprint density at radius 3 is 2.75 bits per heavy atom. The van der Waals surface area contributed by atoms with Crippen molar-refractivity contribution in [3.8, 4) is 0 Å². The maximum absolute atomic E-state index is 3.03. The molecule has 0 amide bonds. The minimum Gasteiger partial charge on any atom is -0.130 e. The highest BCUT2D eigenvalue weighted by Crippen LogP contribution is 1.92. The molecule has 0 heterocycles. The highest BCUT2D eigenvalue weighted by molar-refractivity contribution is 4.80. The summed E-state index contributed by atoms with van der Waals surface area (Å²) in [5.41, 5.74) is 3.03. The lowest BCUT2D eigenvalue weighted by molar-refractivity contribution is 0.815. The molecule has 0 N–H and O–H groups in total. The molecule has 0 saturated carbocycles. The fraction of sp³-hybridized carbons (Fsp3) is 0.625. The summed E-state index contributed by atoms with van der Waals surface area (Å²) in [6.07, 6.45) is 7.78. The lowest BCUT2D eigenvalue weighted by atomic mass is 10.2. The van der Waals surface area contributed by atoms with E-state index in [1.54, 1.807) is 0 Å². The third kappa shape index (κ3) is 5.52. The van der Waals surface area contributed by atoms with Crippen LogP contribution in [0.2, 0.25) is 0 Å². The van der Waals surface area contributed by atoms with E-state index in [9.17, 15) is 0 Å². The molecule has 0 aromatic heterocycles. The average Bonchev–Trinajstić information content (AvgIpc) is 1.81. The number of unbranched alkanes of at least 4 members (excludes halogenated alkanes) is 2. The van der Waals surface area contributed by atoms with Gasteiger partial charge in [-0.15, -0.1) is 5.73 Å². The molecule has 0 bridgehead atoms. The molecule has 0 rings (SSSR count). The van der Waals surface area contributed by atoms with E-state index in [4.69, 9.17) is 0 Å². The van der Waals surface area contributed by atoms with Gasteiger partial charge in [0.25, 0.3) is 0 Å². The number of allylic oxidation sites excluding steroid dienone is 1. The van der Waals surface area contributed by atoms with E-state index in [-0.39, 0.29) is 0 Å². The van der Waals surface area contributed by atoms with E-state index in [1.807, 2.05) is 13.0 Å². The van der Waals surface area contributed by atoms with Crippen molar-refractivity contribution < 1.29 is 0 Å². The quantitative estimate of drug-likeness (QED) is 0.387. The fourth-order valence-electron chi connectivity index (χ4n) is 0.507. The van der Waals surface area contributed by atoms with Gasteiger partial charge in [-0.1, -0.05) is 13.3 Å². The first-order valence-electron chi connectivity index (χ1n) is 3.27. The molecule has 0 spiro atoms. The molecule has 0 aliphatic rings. The Morgan fingerprint density at radius 1 is 1.50 bits per heavy atom. The first-order chi connectivity index (χ1) is 3.91. The molecule has 0 fully saturated rings. The molecule has 46 valence electrons. The van der Waals surface area contributed by atoms with Crippen molar-refractivity contribution in [2.75, 3.05) is 0 Å². The zero-order chi connectivity index (χ0) is 6.24. The molecule has 8 heavy (non-hydrogen) atoms. The Labute approximate surface area is 51.9 Å². The minimum absolute atomic E-state index is 1.18. The summed E-state index contributed by atoms with van der Waals surface area (Å²) in [6.45, 7) is 4.19. The molecule has 0 radical (unpaired) electrons. The Morgan fingerprint density at radius 2 is 2.25 bits per heavy atom. The molecule has 0 atom stereocenters. The Hall–Kier alpha value is -0.480. The first kappa shape index (κ1) is 7.52. The van der Waals surface area contributed by atoms with E-state index in [0.717, 1.165) is 0 Å². The predicted molar refractivity (Wildman–Crippen MR) is 37.9 cm³/mol. The van der Waals surface area contributed by atoms with Gasteiger partial charge < -0.3 is 0 Å². The van der Waals surface area contributed by atoms with Gasteiger partial charge in [0.15, 0.2) is 0 Å². The highest BCUT2D eigenvalue weighted by atomic mass is 13.8. The van der Waals surface area contributed by atoms with Gasteiger partial charge in [0.1, 0.15) is 0 Å². The van der Waals surface area contributed by atoms with Gasteiger partial charge in [-0.3, -0.25) is 0 Å². The predicted octanol–water partition coefficient (Wildman–Crippen LogP) is 2.91. The minimum atomic E-state index is 1.18. The lowest BCUT2D eigenvalue weighted by Crippen LogP contribution is -1.63. The van der Waals surface area contributed by atoms with Crippen LogP contribution in [0.25, 0.3) is 0 Å². The Kier molecular flexibility index (Phi) is 6.13. The normalized spacial score (nSPS) is 7.75. The number of hydrogen-bond donors (Lipinski definition) is 0. The van der Waals surface area contributed by atoms with Crippen molar-refractivity contribution in [2.45, 2.75) is 33.1 Å². The van der Waals surface area contributed by atoms with Crippen molar-refractivity contribution in [1.29, 1.82) is 0 Å². The standard InChI is InChI=1S/C8H14/c1-3-5-7-8-6-4-2/h3,7H,4,6,8H2,1-2H3. The van der Waals surface area contributed by atoms with Crippen LogP contribution in [-0.4, -0.2) is 0 Å². The molecule has 0 aliphatic heterocycles. The molecule has 0 aromatic rings. The van der Waals surface area contributed by atoms with Gasteiger partial charge in [-0.05, 0) is 31.9 Å². The van der Waals surface area contributed by atoms with Crippen LogP contribution in [0.15, 0.2) is 17.9 Å². The van der Waals surface area contributed by atoms with Crippen LogP contribution in [-0.2, 0) is 0 Å². The maximum atomic E-state index is 3.03. The van der Waals surface area contributed by atoms with Crippen molar-refractivity contribution in [2.24, 2.45) is 0 Å². The van der Waals surface area contributed by atoms with E-state index in [0.29, 0.717) is 0 Å². The van der Waals surface area contributed by atoms with E-state index in [2.05, 4.69) is 18.7 Å². The summed E-state index contributed by atoms with van der Waals surface area (Å²) in [4.78, 5) is 0. The van der Waals surface area contributed by atoms with Crippen molar-refractivity contribution >= 4 is 0 Å². The maximum Gasteiger partial charge on any atom is -0.0275 e. The first-order valence-corrected chi connectivity index (χ1v) is 3.27. The van der Waals surface area contributed by atoms with E-state index >= 15 is 0 Å². The zero-order valence-electron chi connectivity index (χ0n) is 5.78. The SMILES string of the molecule is CC=C=CCCCC. The Balaban J connectivity index is 3.04. The molecule has 0 aliphatic carbocycles. The number of hydrogen-bond acceptors (Lipinski definition) is 0. The molecular formula is C8H14. The van der Waals surface area contributed by atoms with Crippen LogP contribution in [0.1, 0.15) is 33.1 Å². The largest absolute Gasteiger partial charge is 0.130 e. The summed E-state index contributed by atoms with van der Waals surface area (Å²) in [6, 6.07) is 0. The van der Waals surface area contributed by atoms with Crippen molar-refractivity contribution in [3.63, 3.8) is 0 Å². The average molecular weight is 110 g/mol. The third-order valence-electron chi connectivity index (χ3n) is 0.987. The van der Waals surface area contributed by atoms with Gasteiger partial charge in [0.2, 0.25) is 0 Å². The number of rotatable bonds is 3. The van der Waals surface area contributed by atoms with Crippen molar-refractivity contribution in [1.82, 2.24) is 0 Å². The van der Waals surface area contributed by atoms with Crippen molar-refractivity contribution in [3.05, 3.63) is 17.9 Å². The third-order valence-corrected chi connectivity index (χ3v) is 0.987. The second kappa shape index (κ2) is 6.52. The topological polar surface area (TPSA) is 0 Å². The van der Waals surface area contributed by atoms with Crippen LogP contribution in [0.4, 0.5) is 0 Å². The van der Waals surface area contributed by atoms with E-state index in [1.165, 1.54) is 19.3 Å². The van der Waals surface area contributed by atoms with E-state index < -0.39 is 0 Å². The second-order valence-electron chi connectivity index (χ2n) is 1.80. The van der Waals surface area contributed by atoms with Gasteiger partial charge in [0.05, 0.1) is 0 Å². The molecule has 0 aromatic carbocycles.